The molecule has 1 atom stereocenters. The fourth-order valence-electron chi connectivity index (χ4n) is 4.35. The highest BCUT2D eigenvalue weighted by molar-refractivity contribution is 5.93. The van der Waals surface area contributed by atoms with Crippen molar-refractivity contribution in [3.05, 3.63) is 53.6 Å². The van der Waals surface area contributed by atoms with Gasteiger partial charge in [-0.25, -0.2) is 4.98 Å². The first-order valence-electron chi connectivity index (χ1n) is 11.5. The molecular formula is C26H34N4O. The lowest BCUT2D eigenvalue weighted by Gasteiger charge is -2.33. The predicted molar refractivity (Wildman–Crippen MR) is 129 cm³/mol. The van der Waals surface area contributed by atoms with Gasteiger partial charge in [0.2, 0.25) is 11.9 Å². The average molecular weight is 419 g/mol. The summed E-state index contributed by atoms with van der Waals surface area (Å²) in [6, 6.07) is 14.5. The summed E-state index contributed by atoms with van der Waals surface area (Å²) >= 11 is 0. The topological polar surface area (TPSA) is 50.2 Å². The van der Waals surface area contributed by atoms with E-state index < -0.39 is 0 Å². The SMILES string of the molecule is Cc1ccc(NC(=O)C2CCCN(c3nc4ccccc4n3CCC(C)C)C2)cc1C. The van der Waals surface area contributed by atoms with Crippen LogP contribution in [-0.4, -0.2) is 28.5 Å². The predicted octanol–water partition coefficient (Wildman–Crippen LogP) is 5.55. The second kappa shape index (κ2) is 9.13. The monoisotopic (exact) mass is 418 g/mol. The van der Waals surface area contributed by atoms with Gasteiger partial charge in [-0.15, -0.1) is 0 Å². The zero-order valence-corrected chi connectivity index (χ0v) is 19.2. The van der Waals surface area contributed by atoms with E-state index in [2.05, 4.69) is 72.8 Å². The lowest BCUT2D eigenvalue weighted by atomic mass is 9.97. The number of anilines is 2. The highest BCUT2D eigenvalue weighted by atomic mass is 16.1. The van der Waals surface area contributed by atoms with Crippen molar-refractivity contribution < 1.29 is 4.79 Å². The third-order valence-corrected chi connectivity index (χ3v) is 6.41. The molecule has 1 unspecified atom stereocenters. The maximum absolute atomic E-state index is 13.0. The number of fused-ring (bicyclic) bond motifs is 1. The van der Waals surface area contributed by atoms with Crippen molar-refractivity contribution in [3.8, 4) is 0 Å². The Balaban J connectivity index is 1.54. The maximum atomic E-state index is 13.0. The molecule has 2 aromatic carbocycles. The molecule has 164 valence electrons. The zero-order valence-electron chi connectivity index (χ0n) is 19.2. The van der Waals surface area contributed by atoms with E-state index >= 15 is 0 Å². The van der Waals surface area contributed by atoms with Gasteiger partial charge < -0.3 is 14.8 Å². The van der Waals surface area contributed by atoms with Crippen LogP contribution < -0.4 is 10.2 Å². The summed E-state index contributed by atoms with van der Waals surface area (Å²) in [5.74, 6) is 1.71. The summed E-state index contributed by atoms with van der Waals surface area (Å²) in [5.41, 5.74) is 5.53. The van der Waals surface area contributed by atoms with Crippen molar-refractivity contribution >= 4 is 28.6 Å². The van der Waals surface area contributed by atoms with Crippen LogP contribution in [-0.2, 0) is 11.3 Å². The molecule has 1 aliphatic heterocycles. The molecule has 1 saturated heterocycles. The molecule has 31 heavy (non-hydrogen) atoms. The number of amides is 1. The first kappa shape index (κ1) is 21.4. The number of aryl methyl sites for hydroxylation is 3. The Labute approximate surface area is 185 Å². The Morgan fingerprint density at radius 1 is 1.16 bits per heavy atom. The summed E-state index contributed by atoms with van der Waals surface area (Å²) < 4.78 is 2.35. The number of nitrogens with one attached hydrogen (secondary N) is 1. The van der Waals surface area contributed by atoms with E-state index in [4.69, 9.17) is 4.98 Å². The van der Waals surface area contributed by atoms with Gasteiger partial charge in [0.05, 0.1) is 17.0 Å². The summed E-state index contributed by atoms with van der Waals surface area (Å²) in [7, 11) is 0. The molecule has 1 fully saturated rings. The maximum Gasteiger partial charge on any atom is 0.229 e. The lowest BCUT2D eigenvalue weighted by Crippen LogP contribution is -2.42. The van der Waals surface area contributed by atoms with Crippen LogP contribution in [0.2, 0.25) is 0 Å². The molecule has 1 aromatic heterocycles. The van der Waals surface area contributed by atoms with Gasteiger partial charge in [0.15, 0.2) is 0 Å². The van der Waals surface area contributed by atoms with Crippen molar-refractivity contribution in [2.24, 2.45) is 11.8 Å². The van der Waals surface area contributed by atoms with Crippen molar-refractivity contribution in [1.82, 2.24) is 9.55 Å². The molecule has 0 spiro atoms. The van der Waals surface area contributed by atoms with Crippen LogP contribution >= 0.6 is 0 Å². The number of hydrogen-bond donors (Lipinski definition) is 1. The molecule has 1 aliphatic rings. The minimum absolute atomic E-state index is 0.0336. The molecule has 5 heteroatoms. The number of piperidine rings is 1. The van der Waals surface area contributed by atoms with Gasteiger partial charge in [-0.05, 0) is 74.4 Å². The van der Waals surface area contributed by atoms with Gasteiger partial charge in [-0.2, -0.15) is 0 Å². The molecule has 0 bridgehead atoms. The second-order valence-electron chi connectivity index (χ2n) is 9.31. The van der Waals surface area contributed by atoms with Gasteiger partial charge in [0, 0.05) is 25.3 Å². The molecule has 1 N–H and O–H groups in total. The van der Waals surface area contributed by atoms with Crippen LogP contribution in [0.3, 0.4) is 0 Å². The average Bonchev–Trinajstić information content (AvgIpc) is 3.13. The number of hydrogen-bond acceptors (Lipinski definition) is 3. The van der Waals surface area contributed by atoms with Gasteiger partial charge in [-0.3, -0.25) is 4.79 Å². The minimum Gasteiger partial charge on any atom is -0.341 e. The van der Waals surface area contributed by atoms with E-state index in [9.17, 15) is 4.79 Å². The quantitative estimate of drug-likeness (QED) is 0.571. The number of para-hydroxylation sites is 2. The zero-order chi connectivity index (χ0) is 22.0. The van der Waals surface area contributed by atoms with E-state index in [1.54, 1.807) is 0 Å². The van der Waals surface area contributed by atoms with Crippen LogP contribution in [0.5, 0.6) is 0 Å². The summed E-state index contributed by atoms with van der Waals surface area (Å²) in [6.07, 6.45) is 3.02. The first-order chi connectivity index (χ1) is 14.9. The minimum atomic E-state index is -0.0336. The number of imidazole rings is 1. The number of nitrogens with zero attached hydrogens (tertiary/aromatic N) is 3. The normalized spacial score (nSPS) is 16.8. The van der Waals surface area contributed by atoms with E-state index in [1.165, 1.54) is 16.6 Å². The van der Waals surface area contributed by atoms with E-state index in [0.717, 1.165) is 49.5 Å². The lowest BCUT2D eigenvalue weighted by molar-refractivity contribution is -0.120. The van der Waals surface area contributed by atoms with Crippen LogP contribution in [0.4, 0.5) is 11.6 Å². The molecule has 0 aliphatic carbocycles. The summed E-state index contributed by atoms with van der Waals surface area (Å²) in [4.78, 5) is 20.3. The van der Waals surface area contributed by atoms with Crippen molar-refractivity contribution in [2.45, 2.75) is 53.5 Å². The summed E-state index contributed by atoms with van der Waals surface area (Å²) in [6.45, 7) is 11.3. The molecule has 3 aromatic rings. The molecule has 0 saturated carbocycles. The number of carbonyl (C=O) groups excluding carboxylic acids is 1. The summed E-state index contributed by atoms with van der Waals surface area (Å²) in [5, 5.41) is 3.14. The third-order valence-electron chi connectivity index (χ3n) is 6.41. The van der Waals surface area contributed by atoms with Crippen LogP contribution in [0.25, 0.3) is 11.0 Å². The van der Waals surface area contributed by atoms with Crippen LogP contribution in [0.1, 0.15) is 44.2 Å². The Morgan fingerprint density at radius 2 is 1.97 bits per heavy atom. The van der Waals surface area contributed by atoms with Gasteiger partial charge >= 0.3 is 0 Å². The smallest absolute Gasteiger partial charge is 0.229 e. The van der Waals surface area contributed by atoms with Gasteiger partial charge in [0.25, 0.3) is 0 Å². The van der Waals surface area contributed by atoms with Crippen molar-refractivity contribution in [2.75, 3.05) is 23.3 Å². The third kappa shape index (κ3) is 4.76. The van der Waals surface area contributed by atoms with Crippen LogP contribution in [0, 0.1) is 25.7 Å². The molecular weight excluding hydrogens is 384 g/mol. The fraction of sp³-hybridized carbons (Fsp3) is 0.462. The van der Waals surface area contributed by atoms with E-state index in [-0.39, 0.29) is 11.8 Å². The first-order valence-corrected chi connectivity index (χ1v) is 11.5. The van der Waals surface area contributed by atoms with E-state index in [0.29, 0.717) is 12.5 Å². The standard InChI is InChI=1S/C26H34N4O/c1-18(2)13-15-30-24-10-6-5-9-23(24)28-26(30)29-14-7-8-21(17-29)25(31)27-22-12-11-19(3)20(4)16-22/h5-6,9-12,16,18,21H,7-8,13-15,17H2,1-4H3,(H,27,31). The molecule has 5 nitrogen and oxygen atoms in total. The number of rotatable bonds is 6. The highest BCUT2D eigenvalue weighted by Gasteiger charge is 2.29. The van der Waals surface area contributed by atoms with Crippen LogP contribution in [0.15, 0.2) is 42.5 Å². The fourth-order valence-corrected chi connectivity index (χ4v) is 4.35. The second-order valence-corrected chi connectivity index (χ2v) is 9.31. The Hall–Kier alpha value is -2.82. The van der Waals surface area contributed by atoms with Crippen molar-refractivity contribution in [1.29, 1.82) is 0 Å². The van der Waals surface area contributed by atoms with Gasteiger partial charge in [0.1, 0.15) is 0 Å². The van der Waals surface area contributed by atoms with Gasteiger partial charge in [-0.1, -0.05) is 32.0 Å². The Morgan fingerprint density at radius 3 is 2.74 bits per heavy atom. The number of benzene rings is 2. The Bertz CT molecular complexity index is 1070. The molecule has 0 radical (unpaired) electrons. The molecule has 1 amide bonds. The largest absolute Gasteiger partial charge is 0.341 e. The van der Waals surface area contributed by atoms with Crippen molar-refractivity contribution in [3.63, 3.8) is 0 Å². The number of carbonyl (C=O) groups is 1. The Kier molecular flexibility index (Phi) is 6.30. The highest BCUT2D eigenvalue weighted by Crippen LogP contribution is 2.28. The molecule has 4 rings (SSSR count). The number of aromatic nitrogens is 2. The van der Waals surface area contributed by atoms with E-state index in [1.807, 2.05) is 12.1 Å². The molecule has 2 heterocycles.